The van der Waals surface area contributed by atoms with Gasteiger partial charge in [0.15, 0.2) is 11.6 Å². The zero-order valence-corrected chi connectivity index (χ0v) is 21.4. The fourth-order valence-electron chi connectivity index (χ4n) is 6.18. The zero-order chi connectivity index (χ0) is 26.2. The lowest BCUT2D eigenvalue weighted by molar-refractivity contribution is 0.653. The lowest BCUT2D eigenvalue weighted by atomic mass is 10.0. The first-order valence-electron chi connectivity index (χ1n) is 13.4. The number of furan rings is 1. The summed E-state index contributed by atoms with van der Waals surface area (Å²) in [5, 5.41) is 9.19. The standard InChI is InChI=1S/C36H21N3O/c1-2-11-23(12-3-1)34-37-35(33-27-16-8-9-17-31(27)40-36(33)38-34)39-29-19-18-22-10-6-7-15-26(22)32(29)28-20-24-13-4-5-14-25(24)21-30(28)39/h1-21H. The first-order chi connectivity index (χ1) is 19.8. The third-order valence-corrected chi connectivity index (χ3v) is 7.99. The van der Waals surface area contributed by atoms with E-state index in [0.717, 1.165) is 38.8 Å². The van der Waals surface area contributed by atoms with Crippen LogP contribution in [0.5, 0.6) is 0 Å². The summed E-state index contributed by atoms with van der Waals surface area (Å²) in [4.78, 5) is 10.2. The van der Waals surface area contributed by atoms with Gasteiger partial charge in [0, 0.05) is 21.7 Å². The summed E-state index contributed by atoms with van der Waals surface area (Å²) < 4.78 is 8.66. The fraction of sp³-hybridized carbons (Fsp3) is 0. The molecule has 0 amide bonds. The average Bonchev–Trinajstić information content (AvgIpc) is 3.55. The number of hydrogen-bond acceptors (Lipinski definition) is 3. The van der Waals surface area contributed by atoms with Gasteiger partial charge in [-0.1, -0.05) is 103 Å². The minimum absolute atomic E-state index is 0.585. The summed E-state index contributed by atoms with van der Waals surface area (Å²) in [6.07, 6.45) is 0. The van der Waals surface area contributed by atoms with Gasteiger partial charge in [-0.25, -0.2) is 4.98 Å². The number of hydrogen-bond donors (Lipinski definition) is 0. The van der Waals surface area contributed by atoms with E-state index in [4.69, 9.17) is 14.4 Å². The Hall–Kier alpha value is -5.48. The van der Waals surface area contributed by atoms with Crippen LogP contribution in [0.15, 0.2) is 132 Å². The molecule has 6 aromatic carbocycles. The number of rotatable bonds is 2. The molecule has 40 heavy (non-hydrogen) atoms. The molecule has 3 aromatic heterocycles. The Morgan fingerprint density at radius 3 is 2.05 bits per heavy atom. The third-order valence-electron chi connectivity index (χ3n) is 7.99. The van der Waals surface area contributed by atoms with Gasteiger partial charge < -0.3 is 4.42 Å². The second-order valence-electron chi connectivity index (χ2n) is 10.2. The summed E-state index contributed by atoms with van der Waals surface area (Å²) in [7, 11) is 0. The van der Waals surface area contributed by atoms with Crippen LogP contribution in [-0.4, -0.2) is 14.5 Å². The highest BCUT2D eigenvalue weighted by atomic mass is 16.3. The van der Waals surface area contributed by atoms with Crippen molar-refractivity contribution < 1.29 is 4.42 Å². The van der Waals surface area contributed by atoms with Crippen molar-refractivity contribution in [3.63, 3.8) is 0 Å². The summed E-state index contributed by atoms with van der Waals surface area (Å²) in [6, 6.07) is 44.4. The fourth-order valence-corrected chi connectivity index (χ4v) is 6.18. The molecule has 0 saturated carbocycles. The summed E-state index contributed by atoms with van der Waals surface area (Å²) in [5.74, 6) is 1.46. The highest BCUT2D eigenvalue weighted by molar-refractivity contribution is 6.24. The highest BCUT2D eigenvalue weighted by Crippen LogP contribution is 2.41. The molecule has 0 radical (unpaired) electrons. The van der Waals surface area contributed by atoms with E-state index in [2.05, 4.69) is 83.4 Å². The number of aromatic nitrogens is 3. The van der Waals surface area contributed by atoms with Crippen LogP contribution in [0.25, 0.3) is 82.6 Å². The highest BCUT2D eigenvalue weighted by Gasteiger charge is 2.22. The van der Waals surface area contributed by atoms with Crippen molar-refractivity contribution in [3.05, 3.63) is 127 Å². The summed E-state index contributed by atoms with van der Waals surface area (Å²) in [6.45, 7) is 0. The van der Waals surface area contributed by atoms with Gasteiger partial charge in [-0.2, -0.15) is 4.98 Å². The van der Waals surface area contributed by atoms with Crippen molar-refractivity contribution in [2.45, 2.75) is 0 Å². The van der Waals surface area contributed by atoms with Crippen molar-refractivity contribution in [2.24, 2.45) is 0 Å². The smallest absolute Gasteiger partial charge is 0.233 e. The second kappa shape index (κ2) is 8.01. The molecule has 0 unspecified atom stereocenters. The van der Waals surface area contributed by atoms with Crippen LogP contribution in [0.4, 0.5) is 0 Å². The molecule has 3 heterocycles. The maximum absolute atomic E-state index is 6.35. The summed E-state index contributed by atoms with van der Waals surface area (Å²) in [5.41, 5.74) is 4.54. The molecule has 0 fully saturated rings. The number of nitrogens with zero attached hydrogens (tertiary/aromatic N) is 3. The molecule has 0 N–H and O–H groups in total. The van der Waals surface area contributed by atoms with E-state index >= 15 is 0 Å². The normalized spacial score (nSPS) is 12.0. The Kier molecular flexibility index (Phi) is 4.30. The molecule has 0 atom stereocenters. The topological polar surface area (TPSA) is 43.9 Å². The Bertz CT molecular complexity index is 2430. The molecule has 4 nitrogen and oxygen atoms in total. The predicted octanol–water partition coefficient (Wildman–Crippen LogP) is 9.45. The molecule has 0 spiro atoms. The third kappa shape index (κ3) is 2.96. The van der Waals surface area contributed by atoms with Crippen molar-refractivity contribution in [3.8, 4) is 17.2 Å². The maximum Gasteiger partial charge on any atom is 0.233 e. The Balaban J connectivity index is 1.53. The van der Waals surface area contributed by atoms with Gasteiger partial charge in [0.25, 0.3) is 0 Å². The van der Waals surface area contributed by atoms with Gasteiger partial charge in [-0.05, 0) is 45.8 Å². The lowest BCUT2D eigenvalue weighted by Gasteiger charge is -2.11. The van der Waals surface area contributed by atoms with Gasteiger partial charge in [0.1, 0.15) is 5.58 Å². The predicted molar refractivity (Wildman–Crippen MR) is 164 cm³/mol. The minimum atomic E-state index is 0.585. The molecule has 4 heteroatoms. The van der Waals surface area contributed by atoms with Crippen LogP contribution >= 0.6 is 0 Å². The van der Waals surface area contributed by atoms with Gasteiger partial charge in [0.2, 0.25) is 5.71 Å². The van der Waals surface area contributed by atoms with Crippen molar-refractivity contribution in [1.29, 1.82) is 0 Å². The van der Waals surface area contributed by atoms with Crippen LogP contribution < -0.4 is 0 Å². The number of para-hydroxylation sites is 1. The molecule has 0 aliphatic carbocycles. The van der Waals surface area contributed by atoms with Crippen molar-refractivity contribution in [1.82, 2.24) is 14.5 Å². The van der Waals surface area contributed by atoms with E-state index in [-0.39, 0.29) is 0 Å². The second-order valence-corrected chi connectivity index (χ2v) is 10.2. The Labute approximate surface area is 228 Å². The molecule has 0 bridgehead atoms. The van der Waals surface area contributed by atoms with Crippen LogP contribution in [0.2, 0.25) is 0 Å². The number of fused-ring (bicyclic) bond motifs is 9. The molecule has 186 valence electrons. The number of benzene rings is 6. The first kappa shape index (κ1) is 21.5. The minimum Gasteiger partial charge on any atom is -0.437 e. The van der Waals surface area contributed by atoms with Gasteiger partial charge >= 0.3 is 0 Å². The molecule has 9 aromatic rings. The van der Waals surface area contributed by atoms with E-state index in [1.165, 1.54) is 32.3 Å². The molecular formula is C36H21N3O. The molecule has 0 saturated heterocycles. The van der Waals surface area contributed by atoms with Crippen LogP contribution in [0, 0.1) is 0 Å². The Morgan fingerprint density at radius 2 is 1.20 bits per heavy atom. The molecular weight excluding hydrogens is 490 g/mol. The summed E-state index contributed by atoms with van der Waals surface area (Å²) >= 11 is 0. The van der Waals surface area contributed by atoms with E-state index < -0.39 is 0 Å². The first-order valence-corrected chi connectivity index (χ1v) is 13.4. The monoisotopic (exact) mass is 511 g/mol. The van der Waals surface area contributed by atoms with E-state index in [1.807, 2.05) is 48.5 Å². The average molecular weight is 512 g/mol. The van der Waals surface area contributed by atoms with Crippen LogP contribution in [-0.2, 0) is 0 Å². The molecule has 0 aliphatic heterocycles. The lowest BCUT2D eigenvalue weighted by Crippen LogP contribution is -2.02. The largest absolute Gasteiger partial charge is 0.437 e. The SMILES string of the molecule is c1ccc(-c2nc(-n3c4cc5ccccc5cc4c4c5ccccc5ccc43)c3c(n2)oc2ccccc23)cc1. The van der Waals surface area contributed by atoms with Crippen LogP contribution in [0.3, 0.4) is 0 Å². The van der Waals surface area contributed by atoms with Gasteiger partial charge in [0.05, 0.1) is 16.4 Å². The molecule has 0 aliphatic rings. The van der Waals surface area contributed by atoms with E-state index in [0.29, 0.717) is 11.5 Å². The quantitative estimate of drug-likeness (QED) is 0.232. The molecule has 9 rings (SSSR count). The van der Waals surface area contributed by atoms with Gasteiger partial charge in [-0.15, -0.1) is 0 Å². The Morgan fingerprint density at radius 1 is 0.500 bits per heavy atom. The maximum atomic E-state index is 6.35. The zero-order valence-electron chi connectivity index (χ0n) is 21.4. The van der Waals surface area contributed by atoms with Crippen molar-refractivity contribution in [2.75, 3.05) is 0 Å². The van der Waals surface area contributed by atoms with Crippen LogP contribution in [0.1, 0.15) is 0 Å². The van der Waals surface area contributed by atoms with E-state index in [1.54, 1.807) is 0 Å². The van der Waals surface area contributed by atoms with Crippen molar-refractivity contribution >= 4 is 65.4 Å². The van der Waals surface area contributed by atoms with Gasteiger partial charge in [-0.3, -0.25) is 4.57 Å². The van der Waals surface area contributed by atoms with E-state index in [9.17, 15) is 0 Å².